The number of rotatable bonds is 6. The third-order valence-electron chi connectivity index (χ3n) is 6.97. The maximum Gasteiger partial charge on any atom is 0.308 e. The van der Waals surface area contributed by atoms with Gasteiger partial charge >= 0.3 is 4.87 Å². The Morgan fingerprint density at radius 1 is 0.950 bits per heavy atom. The quantitative estimate of drug-likeness (QED) is 0.317. The molecule has 0 radical (unpaired) electrons. The van der Waals surface area contributed by atoms with E-state index in [1.54, 1.807) is 55.6 Å². The van der Waals surface area contributed by atoms with Crippen molar-refractivity contribution in [2.24, 2.45) is 5.92 Å². The Hall–Kier alpha value is -3.86. The van der Waals surface area contributed by atoms with E-state index < -0.39 is 17.1 Å². The van der Waals surface area contributed by atoms with Gasteiger partial charge < -0.3 is 10.1 Å². The van der Waals surface area contributed by atoms with Crippen molar-refractivity contribution in [3.05, 3.63) is 104 Å². The molecule has 3 aromatic carbocycles. The van der Waals surface area contributed by atoms with Crippen molar-refractivity contribution in [1.29, 1.82) is 0 Å². The summed E-state index contributed by atoms with van der Waals surface area (Å²) in [6, 6.07) is 22.8. The number of nitrogens with one attached hydrogen (secondary N) is 1. The molecule has 8 nitrogen and oxygen atoms in total. The van der Waals surface area contributed by atoms with Gasteiger partial charge in [0.05, 0.1) is 23.7 Å². The van der Waals surface area contributed by atoms with Crippen LogP contribution in [0.4, 0.5) is 11.4 Å². The molecule has 3 atom stereocenters. The van der Waals surface area contributed by atoms with Gasteiger partial charge in [-0.25, -0.2) is 4.90 Å². The molecule has 3 heterocycles. The molecule has 2 unspecified atom stereocenters. The molecule has 0 spiro atoms. The number of aromatic nitrogens is 1. The highest BCUT2D eigenvalue weighted by Crippen LogP contribution is 2.53. The number of halogens is 1. The topological polar surface area (TPSA) is 97.7 Å². The van der Waals surface area contributed by atoms with Gasteiger partial charge in [-0.05, 0) is 54.1 Å². The third-order valence-corrected chi connectivity index (χ3v) is 9.82. The first kappa shape index (κ1) is 26.4. The average Bonchev–Trinajstić information content (AvgIpc) is 3.40. The number of imide groups is 1. The Morgan fingerprint density at radius 2 is 1.65 bits per heavy atom. The molecule has 1 aromatic heterocycles. The van der Waals surface area contributed by atoms with Crippen molar-refractivity contribution < 1.29 is 19.1 Å². The monoisotopic (exact) mass is 591 g/mol. The fraction of sp³-hybridized carbons (Fsp3) is 0.172. The Labute approximate surface area is 242 Å². The summed E-state index contributed by atoms with van der Waals surface area (Å²) in [5.41, 5.74) is 1.84. The number of anilines is 2. The number of thioether (sulfide) groups is 1. The number of nitrogens with zero attached hydrogens (tertiary/aromatic N) is 2. The Balaban J connectivity index is 1.37. The van der Waals surface area contributed by atoms with E-state index in [0.717, 1.165) is 16.9 Å². The van der Waals surface area contributed by atoms with Gasteiger partial charge in [0.25, 0.3) is 0 Å². The van der Waals surface area contributed by atoms with E-state index in [0.29, 0.717) is 32.1 Å². The predicted octanol–water partition coefficient (Wildman–Crippen LogP) is 5.01. The predicted molar refractivity (Wildman–Crippen MR) is 156 cm³/mol. The van der Waals surface area contributed by atoms with E-state index in [-0.39, 0.29) is 29.1 Å². The van der Waals surface area contributed by atoms with Crippen molar-refractivity contribution in [3.63, 3.8) is 0 Å². The summed E-state index contributed by atoms with van der Waals surface area (Å²) in [6.45, 7) is -0.231. The summed E-state index contributed by atoms with van der Waals surface area (Å²) >= 11 is 8.23. The minimum absolute atomic E-state index is 0.231. The van der Waals surface area contributed by atoms with Crippen LogP contribution in [0.15, 0.2) is 88.7 Å². The van der Waals surface area contributed by atoms with E-state index in [2.05, 4.69) is 5.32 Å². The van der Waals surface area contributed by atoms with Crippen LogP contribution in [0.3, 0.4) is 0 Å². The van der Waals surface area contributed by atoms with Gasteiger partial charge in [0.15, 0.2) is 0 Å². The highest BCUT2D eigenvalue weighted by molar-refractivity contribution is 8.00. The van der Waals surface area contributed by atoms with Crippen LogP contribution in [0.2, 0.25) is 5.02 Å². The number of thiazole rings is 1. The molecule has 6 rings (SSSR count). The number of methoxy groups -OCH3 is 1. The molecular formula is C29H22ClN3O5S2. The van der Waals surface area contributed by atoms with Crippen LogP contribution >= 0.6 is 34.7 Å². The summed E-state index contributed by atoms with van der Waals surface area (Å²) in [5.74, 6) is -1.64. The molecule has 2 aliphatic rings. The molecule has 1 saturated heterocycles. The van der Waals surface area contributed by atoms with Crippen LogP contribution in [-0.4, -0.2) is 34.6 Å². The number of benzene rings is 3. The van der Waals surface area contributed by atoms with Crippen LogP contribution in [0.1, 0.15) is 16.4 Å². The summed E-state index contributed by atoms with van der Waals surface area (Å²) in [6.07, 6.45) is 0. The first-order valence-corrected chi connectivity index (χ1v) is 14.5. The number of amides is 3. The van der Waals surface area contributed by atoms with E-state index in [4.69, 9.17) is 16.3 Å². The summed E-state index contributed by atoms with van der Waals surface area (Å²) in [5, 5.41) is 3.08. The lowest BCUT2D eigenvalue weighted by atomic mass is 9.83. The lowest BCUT2D eigenvalue weighted by Gasteiger charge is -2.30. The maximum absolute atomic E-state index is 13.9. The third kappa shape index (κ3) is 4.61. The number of ether oxygens (including phenoxy) is 1. The Kier molecular flexibility index (Phi) is 6.99. The average molecular weight is 592 g/mol. The summed E-state index contributed by atoms with van der Waals surface area (Å²) < 4.78 is 6.56. The van der Waals surface area contributed by atoms with Crippen molar-refractivity contribution in [2.75, 3.05) is 17.3 Å². The Morgan fingerprint density at radius 3 is 2.33 bits per heavy atom. The SMILES string of the molecule is COc1ccc(NC(=O)Cn2c3c(sc2=O)[C@H](c2ccccc2)C2C(=O)N(c4ccc(Cl)cc4)C(=O)C2S3)cc1. The Bertz CT molecular complexity index is 1670. The van der Waals surface area contributed by atoms with Gasteiger partial charge in [0, 0.05) is 21.5 Å². The number of fused-ring (bicyclic) bond motifs is 2. The fourth-order valence-corrected chi connectivity index (χ4v) is 8.04. The molecule has 202 valence electrons. The molecule has 2 aliphatic heterocycles. The number of carbonyl (C=O) groups excluding carboxylic acids is 3. The first-order valence-electron chi connectivity index (χ1n) is 12.4. The minimum Gasteiger partial charge on any atom is -0.497 e. The zero-order valence-electron chi connectivity index (χ0n) is 21.1. The summed E-state index contributed by atoms with van der Waals surface area (Å²) in [4.78, 5) is 55.4. The maximum atomic E-state index is 13.9. The molecule has 0 bridgehead atoms. The number of hydrogen-bond donors (Lipinski definition) is 1. The highest BCUT2D eigenvalue weighted by Gasteiger charge is 2.56. The van der Waals surface area contributed by atoms with Crippen molar-refractivity contribution in [2.45, 2.75) is 22.7 Å². The van der Waals surface area contributed by atoms with E-state index in [9.17, 15) is 19.2 Å². The summed E-state index contributed by atoms with van der Waals surface area (Å²) in [7, 11) is 1.56. The molecule has 1 N–H and O–H groups in total. The molecule has 4 aromatic rings. The molecular weight excluding hydrogens is 570 g/mol. The molecule has 3 amide bonds. The standard InChI is InChI=1S/C29H22ClN3O5S2/c1-38-20-13-9-18(10-14-20)31-21(34)15-32-28-25(40-29(32)37)22(16-5-3-2-4-6-16)23-24(39-28)27(36)33(26(23)35)19-11-7-17(30)8-12-19/h2-14,22-24H,15H2,1H3,(H,31,34)/t22-,23?,24?/m1/s1. The lowest BCUT2D eigenvalue weighted by Crippen LogP contribution is -2.33. The van der Waals surface area contributed by atoms with E-state index in [1.165, 1.54) is 21.2 Å². The number of carbonyl (C=O) groups is 3. The highest BCUT2D eigenvalue weighted by atomic mass is 35.5. The number of hydrogen-bond acceptors (Lipinski definition) is 7. The van der Waals surface area contributed by atoms with Gasteiger partial charge in [0.1, 0.15) is 17.5 Å². The normalized spacial score (nSPS) is 19.8. The second-order valence-corrected chi connectivity index (χ2v) is 11.9. The van der Waals surface area contributed by atoms with Crippen molar-refractivity contribution in [3.8, 4) is 5.75 Å². The smallest absolute Gasteiger partial charge is 0.308 e. The van der Waals surface area contributed by atoms with Crippen LogP contribution in [0.5, 0.6) is 5.75 Å². The lowest BCUT2D eigenvalue weighted by molar-refractivity contribution is -0.122. The molecule has 0 saturated carbocycles. The van der Waals surface area contributed by atoms with Crippen LogP contribution < -0.4 is 19.8 Å². The van der Waals surface area contributed by atoms with E-state index >= 15 is 0 Å². The van der Waals surface area contributed by atoms with Crippen LogP contribution in [-0.2, 0) is 20.9 Å². The van der Waals surface area contributed by atoms with Crippen LogP contribution in [0.25, 0.3) is 0 Å². The van der Waals surface area contributed by atoms with Crippen molar-refractivity contribution in [1.82, 2.24) is 4.57 Å². The molecule has 11 heteroatoms. The van der Waals surface area contributed by atoms with Gasteiger partial charge in [-0.1, -0.05) is 65.0 Å². The van der Waals surface area contributed by atoms with Gasteiger partial charge in [-0.15, -0.1) is 0 Å². The second-order valence-electron chi connectivity index (χ2n) is 9.34. The zero-order valence-corrected chi connectivity index (χ0v) is 23.5. The van der Waals surface area contributed by atoms with Crippen molar-refractivity contribution >= 4 is 63.8 Å². The fourth-order valence-electron chi connectivity index (χ4n) is 5.14. The molecule has 40 heavy (non-hydrogen) atoms. The van der Waals surface area contributed by atoms with Crippen LogP contribution in [0, 0.1) is 5.92 Å². The molecule has 0 aliphatic carbocycles. The minimum atomic E-state index is -0.759. The van der Waals surface area contributed by atoms with Gasteiger partial charge in [-0.2, -0.15) is 0 Å². The van der Waals surface area contributed by atoms with Gasteiger partial charge in [-0.3, -0.25) is 23.7 Å². The largest absolute Gasteiger partial charge is 0.497 e. The first-order chi connectivity index (χ1) is 19.4. The van der Waals surface area contributed by atoms with E-state index in [1.807, 2.05) is 30.3 Å². The molecule has 1 fully saturated rings. The van der Waals surface area contributed by atoms with Gasteiger partial charge in [0.2, 0.25) is 17.7 Å². The zero-order chi connectivity index (χ0) is 28.0. The second kappa shape index (κ2) is 10.6.